The van der Waals surface area contributed by atoms with Crippen molar-refractivity contribution in [1.29, 1.82) is 0 Å². The summed E-state index contributed by atoms with van der Waals surface area (Å²) in [5.41, 5.74) is 0. The summed E-state index contributed by atoms with van der Waals surface area (Å²) >= 11 is 1.61. The normalized spacial score (nSPS) is 36.3. The zero-order chi connectivity index (χ0) is 25.7. The molecule has 2 fully saturated rings. The van der Waals surface area contributed by atoms with Crippen LogP contribution in [-0.4, -0.2) is 91.4 Å². The van der Waals surface area contributed by atoms with Crippen molar-refractivity contribution in [3.05, 3.63) is 24.3 Å². The molecule has 0 aromatic rings. The van der Waals surface area contributed by atoms with Crippen molar-refractivity contribution in [2.24, 2.45) is 17.8 Å². The lowest BCUT2D eigenvalue weighted by Gasteiger charge is -2.42. The summed E-state index contributed by atoms with van der Waals surface area (Å²) in [6, 6.07) is -1.25. The lowest BCUT2D eigenvalue weighted by atomic mass is 9.74. The van der Waals surface area contributed by atoms with Gasteiger partial charge in [-0.2, -0.15) is 0 Å². The van der Waals surface area contributed by atoms with Gasteiger partial charge in [-0.25, -0.2) is 0 Å². The van der Waals surface area contributed by atoms with E-state index in [1.165, 1.54) is 0 Å². The first-order valence-electron chi connectivity index (χ1n) is 13.2. The first kappa shape index (κ1) is 26.3. The molecule has 1 spiro atoms. The SMILES string of the molecule is CCCN1CC=C[C@]2(C)S[C@]34C=CCN(C(C)C)C(=O)C3N([C@@H](CO)[C@@H](C)CC)C(=O)[C@@H]4[C@@H]2C1=O. The Morgan fingerprint density at radius 1 is 1.03 bits per heavy atom. The van der Waals surface area contributed by atoms with Crippen LogP contribution in [0.15, 0.2) is 24.3 Å². The van der Waals surface area contributed by atoms with Crippen molar-refractivity contribution in [2.75, 3.05) is 26.2 Å². The van der Waals surface area contributed by atoms with Gasteiger partial charge in [0.2, 0.25) is 17.7 Å². The highest BCUT2D eigenvalue weighted by atomic mass is 32.2. The molecule has 8 heteroatoms. The Labute approximate surface area is 214 Å². The molecule has 0 saturated carbocycles. The highest BCUT2D eigenvalue weighted by Gasteiger charge is 2.74. The van der Waals surface area contributed by atoms with Gasteiger partial charge in [-0.05, 0) is 33.1 Å². The van der Waals surface area contributed by atoms with Crippen LogP contribution in [0.3, 0.4) is 0 Å². The van der Waals surface area contributed by atoms with Gasteiger partial charge in [0.15, 0.2) is 0 Å². The topological polar surface area (TPSA) is 81.2 Å². The zero-order valence-corrected chi connectivity index (χ0v) is 22.8. The molecule has 0 aromatic heterocycles. The number of aliphatic hydroxyl groups is 1. The highest BCUT2D eigenvalue weighted by molar-refractivity contribution is 8.02. The number of amides is 3. The molecule has 4 aliphatic rings. The van der Waals surface area contributed by atoms with Gasteiger partial charge in [0, 0.05) is 30.4 Å². The van der Waals surface area contributed by atoms with E-state index in [0.29, 0.717) is 19.6 Å². The van der Waals surface area contributed by atoms with Crippen LogP contribution in [0.2, 0.25) is 0 Å². The van der Waals surface area contributed by atoms with E-state index in [4.69, 9.17) is 0 Å². The third-order valence-electron chi connectivity index (χ3n) is 8.57. The Hall–Kier alpha value is -1.80. The van der Waals surface area contributed by atoms with E-state index in [1.807, 2.05) is 49.6 Å². The average Bonchev–Trinajstić information content (AvgIpc) is 3.08. The van der Waals surface area contributed by atoms with E-state index in [0.717, 1.165) is 12.8 Å². The second-order valence-electron chi connectivity index (χ2n) is 11.1. The first-order valence-corrected chi connectivity index (χ1v) is 14.0. The molecule has 1 N–H and O–H groups in total. The van der Waals surface area contributed by atoms with E-state index in [-0.39, 0.29) is 36.3 Å². The Bertz CT molecular complexity index is 935. The predicted octanol–water partition coefficient (Wildman–Crippen LogP) is 2.70. The summed E-state index contributed by atoms with van der Waals surface area (Å²) in [4.78, 5) is 48.0. The van der Waals surface area contributed by atoms with E-state index in [2.05, 4.69) is 26.0 Å². The van der Waals surface area contributed by atoms with E-state index in [1.54, 1.807) is 16.7 Å². The van der Waals surface area contributed by atoms with Crippen molar-refractivity contribution in [1.82, 2.24) is 14.7 Å². The van der Waals surface area contributed by atoms with E-state index in [9.17, 15) is 19.5 Å². The smallest absolute Gasteiger partial charge is 0.247 e. The average molecular weight is 504 g/mol. The molecule has 7 atom stereocenters. The minimum Gasteiger partial charge on any atom is -0.394 e. The monoisotopic (exact) mass is 503 g/mol. The molecule has 2 saturated heterocycles. The molecule has 0 aromatic carbocycles. The van der Waals surface area contributed by atoms with Crippen LogP contribution >= 0.6 is 11.8 Å². The number of fused-ring (bicyclic) bond motifs is 2. The Balaban J connectivity index is 1.91. The molecule has 35 heavy (non-hydrogen) atoms. The molecule has 0 aliphatic carbocycles. The van der Waals surface area contributed by atoms with E-state index < -0.39 is 33.4 Å². The number of aliphatic hydroxyl groups excluding tert-OH is 1. The van der Waals surface area contributed by atoms with Crippen LogP contribution in [0.1, 0.15) is 54.4 Å². The maximum absolute atomic E-state index is 14.4. The maximum Gasteiger partial charge on any atom is 0.247 e. The molecule has 0 bridgehead atoms. The van der Waals surface area contributed by atoms with Crippen molar-refractivity contribution >= 4 is 29.5 Å². The number of rotatable bonds is 7. The summed E-state index contributed by atoms with van der Waals surface area (Å²) in [7, 11) is 0. The van der Waals surface area contributed by atoms with Crippen molar-refractivity contribution in [3.8, 4) is 0 Å². The molecule has 0 radical (unpaired) electrons. The van der Waals surface area contributed by atoms with Gasteiger partial charge >= 0.3 is 0 Å². The van der Waals surface area contributed by atoms with Crippen LogP contribution in [-0.2, 0) is 14.4 Å². The Morgan fingerprint density at radius 3 is 2.31 bits per heavy atom. The number of thioether (sulfide) groups is 1. The van der Waals surface area contributed by atoms with Gasteiger partial charge < -0.3 is 19.8 Å². The highest BCUT2D eigenvalue weighted by Crippen LogP contribution is 2.66. The van der Waals surface area contributed by atoms with Gasteiger partial charge in [0.1, 0.15) is 6.04 Å². The molecule has 4 aliphatic heterocycles. The Kier molecular flexibility index (Phi) is 7.19. The molecule has 194 valence electrons. The number of carbonyl (C=O) groups is 3. The molecule has 4 heterocycles. The summed E-state index contributed by atoms with van der Waals surface area (Å²) < 4.78 is -1.44. The fraction of sp³-hybridized carbons (Fsp3) is 0.741. The summed E-state index contributed by atoms with van der Waals surface area (Å²) in [6.45, 7) is 13.6. The molecule has 1 unspecified atom stereocenters. The fourth-order valence-electron chi connectivity index (χ4n) is 6.64. The lowest BCUT2D eigenvalue weighted by Crippen LogP contribution is -2.58. The van der Waals surface area contributed by atoms with Crippen LogP contribution in [0.4, 0.5) is 0 Å². The third-order valence-corrected chi connectivity index (χ3v) is 10.4. The molecular weight excluding hydrogens is 462 g/mol. The summed E-state index contributed by atoms with van der Waals surface area (Å²) in [6.07, 6.45) is 9.83. The van der Waals surface area contributed by atoms with Crippen molar-refractivity contribution in [2.45, 2.75) is 82.0 Å². The predicted molar refractivity (Wildman–Crippen MR) is 139 cm³/mol. The first-order chi connectivity index (χ1) is 16.6. The number of likely N-dealkylation sites (tertiary alicyclic amines) is 1. The number of hydrogen-bond acceptors (Lipinski definition) is 5. The largest absolute Gasteiger partial charge is 0.394 e. The number of carbonyl (C=O) groups excluding carboxylic acids is 3. The zero-order valence-electron chi connectivity index (χ0n) is 21.9. The van der Waals surface area contributed by atoms with Gasteiger partial charge in [0.05, 0.1) is 29.2 Å². The lowest BCUT2D eigenvalue weighted by molar-refractivity contribution is -0.148. The van der Waals surface area contributed by atoms with Crippen LogP contribution < -0.4 is 0 Å². The molecule has 3 amide bonds. The minimum absolute atomic E-state index is 0.00225. The molecular formula is C27H41N3O4S. The molecule has 4 rings (SSSR count). The van der Waals surface area contributed by atoms with Gasteiger partial charge in [-0.1, -0.05) is 51.5 Å². The number of hydrogen-bond donors (Lipinski definition) is 1. The maximum atomic E-state index is 14.4. The third kappa shape index (κ3) is 3.86. The van der Waals surface area contributed by atoms with Crippen molar-refractivity contribution in [3.63, 3.8) is 0 Å². The van der Waals surface area contributed by atoms with Gasteiger partial charge in [-0.15, -0.1) is 11.8 Å². The molecule has 7 nitrogen and oxygen atoms in total. The fourth-order valence-corrected chi connectivity index (χ4v) is 8.78. The quantitative estimate of drug-likeness (QED) is 0.541. The minimum atomic E-state index is -0.854. The van der Waals surface area contributed by atoms with Gasteiger partial charge in [-0.3, -0.25) is 14.4 Å². The van der Waals surface area contributed by atoms with Crippen LogP contribution in [0.25, 0.3) is 0 Å². The second-order valence-corrected chi connectivity index (χ2v) is 12.8. The number of nitrogens with zero attached hydrogens (tertiary/aromatic N) is 3. The standard InChI is InChI=1S/C27H41N3O4S/c1-7-13-28-14-9-11-26(6)20(23(28)32)21-24(33)30(19(16-31)18(5)8-2)22-25(34)29(17(3)4)15-10-12-27(21,22)35-26/h9-12,17-22,31H,7-8,13-16H2,1-6H3/t18-,19-,20+,21-,22?,26-,27-/m0/s1. The van der Waals surface area contributed by atoms with Crippen LogP contribution in [0, 0.1) is 17.8 Å². The summed E-state index contributed by atoms with van der Waals surface area (Å²) in [5.74, 6) is -1.45. The van der Waals surface area contributed by atoms with E-state index >= 15 is 0 Å². The summed E-state index contributed by atoms with van der Waals surface area (Å²) in [5, 5.41) is 10.5. The van der Waals surface area contributed by atoms with Crippen LogP contribution in [0.5, 0.6) is 0 Å². The Morgan fingerprint density at radius 2 is 1.71 bits per heavy atom. The second kappa shape index (κ2) is 9.58. The van der Waals surface area contributed by atoms with Crippen molar-refractivity contribution < 1.29 is 19.5 Å². The van der Waals surface area contributed by atoms with Gasteiger partial charge in [0.25, 0.3) is 0 Å².